The predicted octanol–water partition coefficient (Wildman–Crippen LogP) is 3.93. The van der Waals surface area contributed by atoms with Crippen LogP contribution >= 0.6 is 11.6 Å². The normalized spacial score (nSPS) is 14.4. The highest BCUT2D eigenvalue weighted by Crippen LogP contribution is 2.48. The Kier molecular flexibility index (Phi) is 6.01. The Morgan fingerprint density at radius 3 is 2.52 bits per heavy atom. The molecule has 3 rings (SSSR count). The van der Waals surface area contributed by atoms with Crippen LogP contribution in [-0.4, -0.2) is 23.6 Å². The monoisotopic (exact) mass is 387 g/mol. The Balaban J connectivity index is 1.50. The smallest absolute Gasteiger partial charge is 0.303 e. The van der Waals surface area contributed by atoms with E-state index in [-0.39, 0.29) is 12.3 Å². The molecule has 5 nitrogen and oxygen atoms in total. The van der Waals surface area contributed by atoms with Crippen LogP contribution in [0.5, 0.6) is 5.75 Å². The van der Waals surface area contributed by atoms with Gasteiger partial charge >= 0.3 is 5.97 Å². The zero-order chi connectivity index (χ0) is 19.3. The van der Waals surface area contributed by atoms with Gasteiger partial charge < -0.3 is 15.2 Å². The quantitative estimate of drug-likeness (QED) is 0.639. The Morgan fingerprint density at radius 2 is 1.89 bits per heavy atom. The zero-order valence-electron chi connectivity index (χ0n) is 14.9. The lowest BCUT2D eigenvalue weighted by Gasteiger charge is -2.16. The lowest BCUT2D eigenvalue weighted by atomic mass is 9.95. The number of rotatable bonds is 9. The first-order valence-corrected chi connectivity index (χ1v) is 9.35. The van der Waals surface area contributed by atoms with Gasteiger partial charge in [-0.05, 0) is 54.7 Å². The molecule has 0 heterocycles. The van der Waals surface area contributed by atoms with E-state index in [0.29, 0.717) is 30.3 Å². The van der Waals surface area contributed by atoms with Crippen molar-refractivity contribution in [1.82, 2.24) is 5.32 Å². The number of amides is 1. The Hall–Kier alpha value is -2.53. The van der Waals surface area contributed by atoms with Crippen LogP contribution < -0.4 is 10.1 Å². The second-order valence-electron chi connectivity index (χ2n) is 6.76. The predicted molar refractivity (Wildman–Crippen MR) is 103 cm³/mol. The summed E-state index contributed by atoms with van der Waals surface area (Å²) < 4.78 is 5.51. The summed E-state index contributed by atoms with van der Waals surface area (Å²) in [6.07, 6.45) is 2.24. The molecule has 1 amide bonds. The average molecular weight is 388 g/mol. The average Bonchev–Trinajstić information content (AvgIpc) is 3.46. The number of hydrogen-bond acceptors (Lipinski definition) is 3. The first kappa shape index (κ1) is 19.2. The molecule has 0 aromatic heterocycles. The van der Waals surface area contributed by atoms with Gasteiger partial charge in [0, 0.05) is 18.0 Å². The van der Waals surface area contributed by atoms with Crippen LogP contribution in [0, 0.1) is 0 Å². The fraction of sp³-hybridized carbons (Fsp3) is 0.333. The molecule has 0 unspecified atom stereocenters. The summed E-state index contributed by atoms with van der Waals surface area (Å²) in [7, 11) is 0. The molecule has 1 aliphatic carbocycles. The highest BCUT2D eigenvalue weighted by Gasteiger charge is 2.51. The number of benzene rings is 2. The van der Waals surface area contributed by atoms with Crippen molar-refractivity contribution < 1.29 is 19.4 Å². The molecule has 2 aromatic rings. The second-order valence-corrected chi connectivity index (χ2v) is 7.20. The van der Waals surface area contributed by atoms with E-state index < -0.39 is 11.4 Å². The van der Waals surface area contributed by atoms with Gasteiger partial charge in [0.1, 0.15) is 5.75 Å². The molecule has 0 saturated heterocycles. The van der Waals surface area contributed by atoms with E-state index >= 15 is 0 Å². The molecule has 0 bridgehead atoms. The number of ether oxygens (including phenoxy) is 1. The first-order valence-electron chi connectivity index (χ1n) is 8.97. The van der Waals surface area contributed by atoms with E-state index in [1.807, 2.05) is 48.5 Å². The van der Waals surface area contributed by atoms with Gasteiger partial charge in [0.2, 0.25) is 5.91 Å². The van der Waals surface area contributed by atoms with Crippen LogP contribution in [0.4, 0.5) is 0 Å². The minimum absolute atomic E-state index is 0.0266. The van der Waals surface area contributed by atoms with Gasteiger partial charge in [-0.2, -0.15) is 0 Å². The number of hydrogen-bond donors (Lipinski definition) is 2. The van der Waals surface area contributed by atoms with Crippen molar-refractivity contribution in [3.8, 4) is 5.75 Å². The van der Waals surface area contributed by atoms with Crippen LogP contribution in [0.1, 0.15) is 36.8 Å². The van der Waals surface area contributed by atoms with E-state index in [1.54, 1.807) is 0 Å². The van der Waals surface area contributed by atoms with Crippen LogP contribution in [0.3, 0.4) is 0 Å². The summed E-state index contributed by atoms with van der Waals surface area (Å²) in [6, 6.07) is 14.9. The summed E-state index contributed by atoms with van der Waals surface area (Å²) in [4.78, 5) is 23.1. The summed E-state index contributed by atoms with van der Waals surface area (Å²) >= 11 is 6.06. The molecular weight excluding hydrogens is 366 g/mol. The first-order chi connectivity index (χ1) is 13.0. The summed E-state index contributed by atoms with van der Waals surface area (Å²) in [5, 5.41) is 12.3. The van der Waals surface area contributed by atoms with E-state index in [1.165, 1.54) is 0 Å². The van der Waals surface area contributed by atoms with Gasteiger partial charge in [-0.1, -0.05) is 35.9 Å². The number of carbonyl (C=O) groups excluding carboxylic acids is 1. The van der Waals surface area contributed by atoms with Crippen molar-refractivity contribution in [3.63, 3.8) is 0 Å². The van der Waals surface area contributed by atoms with Crippen molar-refractivity contribution >= 4 is 23.5 Å². The van der Waals surface area contributed by atoms with Crippen molar-refractivity contribution in [2.45, 2.75) is 37.6 Å². The Labute approximate surface area is 163 Å². The number of nitrogens with one attached hydrogen (secondary N) is 1. The number of carboxylic acid groups (broad SMARTS) is 1. The molecule has 1 saturated carbocycles. The topological polar surface area (TPSA) is 75.6 Å². The fourth-order valence-electron chi connectivity index (χ4n) is 3.03. The van der Waals surface area contributed by atoms with E-state index in [0.717, 1.165) is 24.0 Å². The van der Waals surface area contributed by atoms with Gasteiger partial charge in [0.15, 0.2) is 0 Å². The third kappa shape index (κ3) is 5.01. The number of carbonyl (C=O) groups is 2. The highest BCUT2D eigenvalue weighted by atomic mass is 35.5. The molecular formula is C21H22ClNO4. The molecule has 6 heteroatoms. The van der Waals surface area contributed by atoms with Gasteiger partial charge in [-0.15, -0.1) is 0 Å². The molecule has 0 atom stereocenters. The van der Waals surface area contributed by atoms with Crippen molar-refractivity contribution in [3.05, 3.63) is 64.7 Å². The lowest BCUT2D eigenvalue weighted by Crippen LogP contribution is -2.34. The molecule has 27 heavy (non-hydrogen) atoms. The maximum absolute atomic E-state index is 12.7. The highest BCUT2D eigenvalue weighted by molar-refractivity contribution is 6.30. The minimum Gasteiger partial charge on any atom is -0.494 e. The summed E-state index contributed by atoms with van der Waals surface area (Å²) in [5.41, 5.74) is 1.50. The molecule has 2 aromatic carbocycles. The molecule has 0 radical (unpaired) electrons. The fourth-order valence-corrected chi connectivity index (χ4v) is 3.22. The van der Waals surface area contributed by atoms with Gasteiger partial charge in [0.05, 0.1) is 12.0 Å². The van der Waals surface area contributed by atoms with Crippen molar-refractivity contribution in [2.24, 2.45) is 0 Å². The lowest BCUT2D eigenvalue weighted by molar-refractivity contribution is -0.137. The minimum atomic E-state index is -0.823. The van der Waals surface area contributed by atoms with E-state index in [2.05, 4.69) is 5.32 Å². The zero-order valence-corrected chi connectivity index (χ0v) is 15.7. The largest absolute Gasteiger partial charge is 0.494 e. The van der Waals surface area contributed by atoms with Gasteiger partial charge in [-0.25, -0.2) is 0 Å². The standard InChI is InChI=1S/C21H22ClNO4/c22-17-4-1-3-16(13-17)21(10-11-21)20(26)23-14-15-6-8-18(9-7-15)27-12-2-5-19(24)25/h1,3-4,6-9,13H,2,5,10-12,14H2,(H,23,26)(H,24,25). The van der Waals surface area contributed by atoms with Gasteiger partial charge in [-0.3, -0.25) is 9.59 Å². The SMILES string of the molecule is O=C(O)CCCOc1ccc(CNC(=O)C2(c3cccc(Cl)c3)CC2)cc1. The third-order valence-electron chi connectivity index (χ3n) is 4.74. The Bertz CT molecular complexity index is 815. The summed E-state index contributed by atoms with van der Waals surface area (Å²) in [6.45, 7) is 0.810. The third-order valence-corrected chi connectivity index (χ3v) is 4.98. The van der Waals surface area contributed by atoms with Crippen molar-refractivity contribution in [2.75, 3.05) is 6.61 Å². The number of carboxylic acids is 1. The number of halogens is 1. The molecule has 1 aliphatic rings. The molecule has 142 valence electrons. The maximum Gasteiger partial charge on any atom is 0.303 e. The summed E-state index contributed by atoms with van der Waals surface area (Å²) in [5.74, 6) is -0.109. The van der Waals surface area contributed by atoms with Crippen LogP contribution in [0.15, 0.2) is 48.5 Å². The van der Waals surface area contributed by atoms with Crippen LogP contribution in [0.25, 0.3) is 0 Å². The van der Waals surface area contributed by atoms with Crippen LogP contribution in [0.2, 0.25) is 5.02 Å². The second kappa shape index (κ2) is 8.44. The maximum atomic E-state index is 12.7. The number of aliphatic carboxylic acids is 1. The van der Waals surface area contributed by atoms with E-state index in [4.69, 9.17) is 21.4 Å². The molecule has 0 spiro atoms. The molecule has 2 N–H and O–H groups in total. The Morgan fingerprint density at radius 1 is 1.15 bits per heavy atom. The molecule has 1 fully saturated rings. The molecule has 0 aliphatic heterocycles. The van der Waals surface area contributed by atoms with E-state index in [9.17, 15) is 9.59 Å². The van der Waals surface area contributed by atoms with Crippen LogP contribution in [-0.2, 0) is 21.5 Å². The van der Waals surface area contributed by atoms with Crippen molar-refractivity contribution in [1.29, 1.82) is 0 Å². The van der Waals surface area contributed by atoms with Gasteiger partial charge in [0.25, 0.3) is 0 Å².